The summed E-state index contributed by atoms with van der Waals surface area (Å²) in [4.78, 5) is 0. The van der Waals surface area contributed by atoms with Gasteiger partial charge >= 0.3 is 0 Å². The third kappa shape index (κ3) is 5.41. The summed E-state index contributed by atoms with van der Waals surface area (Å²) in [5.41, 5.74) is 1.19. The molecule has 1 aromatic carbocycles. The molecule has 19 heavy (non-hydrogen) atoms. The van der Waals surface area contributed by atoms with Crippen LogP contribution < -0.4 is 14.8 Å². The zero-order chi connectivity index (χ0) is 14.1. The van der Waals surface area contributed by atoms with Crippen LogP contribution in [0.15, 0.2) is 16.6 Å². The SMILES string of the molecule is CCCCCOc1c(Br)cc(CNCC)cc1OC. The van der Waals surface area contributed by atoms with Gasteiger partial charge in [0, 0.05) is 6.54 Å². The van der Waals surface area contributed by atoms with Crippen molar-refractivity contribution in [1.82, 2.24) is 5.32 Å². The standard InChI is InChI=1S/C15H24BrNO2/c1-4-6-7-8-19-15-13(16)9-12(11-17-5-2)10-14(15)18-3/h9-10,17H,4-8,11H2,1-3H3. The lowest BCUT2D eigenvalue weighted by molar-refractivity contribution is 0.284. The van der Waals surface area contributed by atoms with Gasteiger partial charge in [0.25, 0.3) is 0 Å². The average Bonchev–Trinajstić information content (AvgIpc) is 2.42. The zero-order valence-corrected chi connectivity index (χ0v) is 13.7. The second-order valence-corrected chi connectivity index (χ2v) is 5.30. The van der Waals surface area contributed by atoms with E-state index in [0.717, 1.165) is 42.1 Å². The summed E-state index contributed by atoms with van der Waals surface area (Å²) in [6, 6.07) is 4.11. The number of methoxy groups -OCH3 is 1. The largest absolute Gasteiger partial charge is 0.493 e. The maximum Gasteiger partial charge on any atom is 0.175 e. The van der Waals surface area contributed by atoms with Crippen LogP contribution in [0, 0.1) is 0 Å². The summed E-state index contributed by atoms with van der Waals surface area (Å²) in [5, 5.41) is 3.31. The lowest BCUT2D eigenvalue weighted by atomic mass is 10.2. The fraction of sp³-hybridized carbons (Fsp3) is 0.600. The molecule has 1 N–H and O–H groups in total. The van der Waals surface area contributed by atoms with Gasteiger partial charge in [0.1, 0.15) is 0 Å². The van der Waals surface area contributed by atoms with Gasteiger partial charge in [0.2, 0.25) is 0 Å². The number of hydrogen-bond acceptors (Lipinski definition) is 3. The molecule has 0 saturated carbocycles. The van der Waals surface area contributed by atoms with E-state index >= 15 is 0 Å². The summed E-state index contributed by atoms with van der Waals surface area (Å²) in [6.45, 7) is 6.80. The van der Waals surface area contributed by atoms with Crippen LogP contribution >= 0.6 is 15.9 Å². The predicted octanol–water partition coefficient (Wildman–Crippen LogP) is 4.14. The van der Waals surface area contributed by atoms with Gasteiger partial charge in [-0.25, -0.2) is 0 Å². The Morgan fingerprint density at radius 3 is 2.63 bits per heavy atom. The highest BCUT2D eigenvalue weighted by Gasteiger charge is 2.11. The smallest absolute Gasteiger partial charge is 0.175 e. The van der Waals surface area contributed by atoms with Gasteiger partial charge in [-0.05, 0) is 46.6 Å². The maximum atomic E-state index is 5.83. The number of benzene rings is 1. The molecule has 0 aliphatic carbocycles. The summed E-state index contributed by atoms with van der Waals surface area (Å²) >= 11 is 3.57. The minimum absolute atomic E-state index is 0.732. The van der Waals surface area contributed by atoms with Crippen LogP contribution in [-0.4, -0.2) is 20.3 Å². The fourth-order valence-electron chi connectivity index (χ4n) is 1.81. The van der Waals surface area contributed by atoms with Gasteiger partial charge in [-0.2, -0.15) is 0 Å². The maximum absolute atomic E-state index is 5.83. The quantitative estimate of drug-likeness (QED) is 0.691. The first-order valence-electron chi connectivity index (χ1n) is 6.92. The van der Waals surface area contributed by atoms with Crippen molar-refractivity contribution in [3.05, 3.63) is 22.2 Å². The van der Waals surface area contributed by atoms with Crippen molar-refractivity contribution >= 4 is 15.9 Å². The molecule has 0 aliphatic rings. The van der Waals surface area contributed by atoms with Crippen molar-refractivity contribution in [2.45, 2.75) is 39.7 Å². The molecule has 1 aromatic rings. The van der Waals surface area contributed by atoms with Crippen LogP contribution in [0.3, 0.4) is 0 Å². The van der Waals surface area contributed by atoms with E-state index in [-0.39, 0.29) is 0 Å². The molecule has 1 rings (SSSR count). The zero-order valence-electron chi connectivity index (χ0n) is 12.1. The molecule has 0 atom stereocenters. The number of hydrogen-bond donors (Lipinski definition) is 1. The molecule has 0 saturated heterocycles. The Bertz CT molecular complexity index is 383. The van der Waals surface area contributed by atoms with E-state index in [1.165, 1.54) is 18.4 Å². The number of unbranched alkanes of at least 4 members (excludes halogenated alkanes) is 2. The Morgan fingerprint density at radius 1 is 1.21 bits per heavy atom. The summed E-state index contributed by atoms with van der Waals surface area (Å²) in [6.07, 6.45) is 3.47. The molecular formula is C15H24BrNO2. The molecule has 0 unspecified atom stereocenters. The molecular weight excluding hydrogens is 306 g/mol. The van der Waals surface area contributed by atoms with E-state index in [0.29, 0.717) is 0 Å². The number of ether oxygens (including phenoxy) is 2. The van der Waals surface area contributed by atoms with Gasteiger partial charge < -0.3 is 14.8 Å². The third-order valence-electron chi connectivity index (χ3n) is 2.86. The minimum atomic E-state index is 0.732. The van der Waals surface area contributed by atoms with E-state index in [1.807, 2.05) is 6.07 Å². The predicted molar refractivity (Wildman–Crippen MR) is 83.1 cm³/mol. The lowest BCUT2D eigenvalue weighted by Gasteiger charge is -2.14. The van der Waals surface area contributed by atoms with Crippen LogP contribution in [0.5, 0.6) is 11.5 Å². The second-order valence-electron chi connectivity index (χ2n) is 4.44. The normalized spacial score (nSPS) is 10.5. The molecule has 3 nitrogen and oxygen atoms in total. The van der Waals surface area contributed by atoms with Crippen LogP contribution in [0.1, 0.15) is 38.7 Å². The molecule has 0 spiro atoms. The van der Waals surface area contributed by atoms with Crippen molar-refractivity contribution in [2.24, 2.45) is 0 Å². The molecule has 0 heterocycles. The van der Waals surface area contributed by atoms with E-state index in [4.69, 9.17) is 9.47 Å². The van der Waals surface area contributed by atoms with E-state index in [2.05, 4.69) is 41.2 Å². The fourth-order valence-corrected chi connectivity index (χ4v) is 2.41. The highest BCUT2D eigenvalue weighted by Crippen LogP contribution is 2.36. The number of halogens is 1. The number of nitrogens with one attached hydrogen (secondary N) is 1. The van der Waals surface area contributed by atoms with Gasteiger partial charge in [-0.15, -0.1) is 0 Å². The molecule has 4 heteroatoms. The van der Waals surface area contributed by atoms with Crippen LogP contribution in [0.2, 0.25) is 0 Å². The van der Waals surface area contributed by atoms with Crippen LogP contribution in [-0.2, 0) is 6.54 Å². The van der Waals surface area contributed by atoms with E-state index < -0.39 is 0 Å². The van der Waals surface area contributed by atoms with Gasteiger partial charge in [-0.1, -0.05) is 26.7 Å². The lowest BCUT2D eigenvalue weighted by Crippen LogP contribution is -2.12. The monoisotopic (exact) mass is 329 g/mol. The highest BCUT2D eigenvalue weighted by molar-refractivity contribution is 9.10. The Kier molecular flexibility index (Phi) is 7.91. The molecule has 0 fully saturated rings. The van der Waals surface area contributed by atoms with Crippen molar-refractivity contribution < 1.29 is 9.47 Å². The first-order valence-corrected chi connectivity index (χ1v) is 7.72. The summed E-state index contributed by atoms with van der Waals surface area (Å²) < 4.78 is 12.2. The van der Waals surface area contributed by atoms with Gasteiger partial charge in [-0.3, -0.25) is 0 Å². The Labute approximate surface area is 124 Å². The molecule has 0 aliphatic heterocycles. The van der Waals surface area contributed by atoms with Crippen LogP contribution in [0.4, 0.5) is 0 Å². The Balaban J connectivity index is 2.73. The number of rotatable bonds is 9. The minimum Gasteiger partial charge on any atom is -0.493 e. The average molecular weight is 330 g/mol. The van der Waals surface area contributed by atoms with Crippen molar-refractivity contribution in [2.75, 3.05) is 20.3 Å². The molecule has 108 valence electrons. The second kappa shape index (κ2) is 9.21. The molecule has 0 bridgehead atoms. The first kappa shape index (κ1) is 16.3. The summed E-state index contributed by atoms with van der Waals surface area (Å²) in [7, 11) is 1.68. The topological polar surface area (TPSA) is 30.5 Å². The van der Waals surface area contributed by atoms with E-state index in [1.54, 1.807) is 7.11 Å². The molecule has 0 radical (unpaired) electrons. The van der Waals surface area contributed by atoms with Crippen molar-refractivity contribution in [1.29, 1.82) is 0 Å². The van der Waals surface area contributed by atoms with Crippen LogP contribution in [0.25, 0.3) is 0 Å². The Hall–Kier alpha value is -0.740. The molecule has 0 amide bonds. The third-order valence-corrected chi connectivity index (χ3v) is 3.45. The first-order chi connectivity index (χ1) is 9.22. The van der Waals surface area contributed by atoms with Crippen molar-refractivity contribution in [3.8, 4) is 11.5 Å². The summed E-state index contributed by atoms with van der Waals surface area (Å²) in [5.74, 6) is 1.60. The Morgan fingerprint density at radius 2 is 2.00 bits per heavy atom. The van der Waals surface area contributed by atoms with Crippen molar-refractivity contribution in [3.63, 3.8) is 0 Å². The highest BCUT2D eigenvalue weighted by atomic mass is 79.9. The molecule has 0 aromatic heterocycles. The van der Waals surface area contributed by atoms with E-state index in [9.17, 15) is 0 Å². The van der Waals surface area contributed by atoms with Gasteiger partial charge in [0.05, 0.1) is 18.2 Å². The van der Waals surface area contributed by atoms with Gasteiger partial charge in [0.15, 0.2) is 11.5 Å².